The average molecular weight is 418 g/mol. The van der Waals surface area contributed by atoms with E-state index in [0.29, 0.717) is 16.9 Å². The number of nitrogens with zero attached hydrogens (tertiary/aromatic N) is 2. The molecule has 1 aliphatic heterocycles. The van der Waals surface area contributed by atoms with Crippen LogP contribution in [0.4, 0.5) is 4.39 Å². The standard InChI is InChI=1S/C24H19FN2O4/c1-31-19-6-2-5-17(12-19)22(28)20-21(16-7-9-18(25)10-8-16)27(24(30)23(20)29)14-15-4-3-11-26-13-15/h2-13,21,28H,14H2,1H3. The van der Waals surface area contributed by atoms with E-state index < -0.39 is 23.5 Å². The van der Waals surface area contributed by atoms with Crippen LogP contribution in [-0.2, 0) is 16.1 Å². The summed E-state index contributed by atoms with van der Waals surface area (Å²) >= 11 is 0. The molecule has 1 fully saturated rings. The lowest BCUT2D eigenvalue weighted by molar-refractivity contribution is -0.140. The number of benzene rings is 2. The number of carbonyl (C=O) groups excluding carboxylic acids is 2. The Hall–Kier alpha value is -4.00. The van der Waals surface area contributed by atoms with Gasteiger partial charge in [-0.05, 0) is 41.5 Å². The van der Waals surface area contributed by atoms with Crippen LogP contribution < -0.4 is 4.74 Å². The van der Waals surface area contributed by atoms with Gasteiger partial charge in [-0.25, -0.2) is 4.39 Å². The lowest BCUT2D eigenvalue weighted by atomic mass is 9.95. The van der Waals surface area contributed by atoms with Gasteiger partial charge in [-0.2, -0.15) is 0 Å². The van der Waals surface area contributed by atoms with Crippen LogP contribution in [0, 0.1) is 5.82 Å². The van der Waals surface area contributed by atoms with Crippen molar-refractivity contribution in [2.75, 3.05) is 7.11 Å². The molecule has 0 aliphatic carbocycles. The molecule has 1 N–H and O–H groups in total. The second kappa shape index (κ2) is 8.39. The summed E-state index contributed by atoms with van der Waals surface area (Å²) in [5.41, 5.74) is 1.51. The van der Waals surface area contributed by atoms with Gasteiger partial charge in [0.1, 0.15) is 17.3 Å². The third-order valence-corrected chi connectivity index (χ3v) is 5.14. The first kappa shape index (κ1) is 20.3. The summed E-state index contributed by atoms with van der Waals surface area (Å²) in [6.45, 7) is 0.106. The van der Waals surface area contributed by atoms with Crippen LogP contribution in [0.15, 0.2) is 78.6 Å². The van der Waals surface area contributed by atoms with E-state index in [1.165, 1.54) is 36.3 Å². The minimum atomic E-state index is -0.882. The second-order valence-corrected chi connectivity index (χ2v) is 7.07. The molecule has 0 saturated carbocycles. The first-order valence-electron chi connectivity index (χ1n) is 9.57. The number of hydrogen-bond acceptors (Lipinski definition) is 5. The quantitative estimate of drug-likeness (QED) is 0.387. The number of methoxy groups -OCH3 is 1. The number of rotatable bonds is 5. The van der Waals surface area contributed by atoms with E-state index in [1.54, 1.807) is 48.8 Å². The van der Waals surface area contributed by atoms with Gasteiger partial charge in [0, 0.05) is 24.5 Å². The van der Waals surface area contributed by atoms with E-state index in [1.807, 2.05) is 0 Å². The molecule has 4 rings (SSSR count). The third-order valence-electron chi connectivity index (χ3n) is 5.14. The smallest absolute Gasteiger partial charge is 0.295 e. The van der Waals surface area contributed by atoms with Crippen LogP contribution >= 0.6 is 0 Å². The molecule has 0 radical (unpaired) electrons. The van der Waals surface area contributed by atoms with E-state index >= 15 is 0 Å². The summed E-state index contributed by atoms with van der Waals surface area (Å²) in [5.74, 6) is -1.82. The number of likely N-dealkylation sites (tertiary alicyclic amines) is 1. The predicted octanol–water partition coefficient (Wildman–Crippen LogP) is 3.85. The van der Waals surface area contributed by atoms with Crippen LogP contribution in [0.5, 0.6) is 5.75 Å². The number of ether oxygens (including phenoxy) is 1. The van der Waals surface area contributed by atoms with Crippen LogP contribution in [0.3, 0.4) is 0 Å². The molecule has 1 aromatic heterocycles. The molecule has 7 heteroatoms. The summed E-state index contributed by atoms with van der Waals surface area (Å²) in [6, 6.07) is 14.7. The first-order valence-corrected chi connectivity index (χ1v) is 9.57. The van der Waals surface area contributed by atoms with E-state index in [9.17, 15) is 19.1 Å². The highest BCUT2D eigenvalue weighted by atomic mass is 19.1. The number of halogens is 1. The third kappa shape index (κ3) is 3.90. The van der Waals surface area contributed by atoms with Gasteiger partial charge >= 0.3 is 0 Å². The van der Waals surface area contributed by atoms with E-state index in [2.05, 4.69) is 4.98 Å². The van der Waals surface area contributed by atoms with Crippen molar-refractivity contribution in [1.29, 1.82) is 0 Å². The number of ketones is 1. The van der Waals surface area contributed by atoms with Crippen molar-refractivity contribution >= 4 is 17.4 Å². The zero-order chi connectivity index (χ0) is 22.0. The molecule has 0 spiro atoms. The zero-order valence-corrected chi connectivity index (χ0v) is 16.7. The number of hydrogen-bond donors (Lipinski definition) is 1. The maximum Gasteiger partial charge on any atom is 0.295 e. The Balaban J connectivity index is 1.86. The van der Waals surface area contributed by atoms with Gasteiger partial charge in [0.15, 0.2) is 0 Å². The van der Waals surface area contributed by atoms with E-state index in [0.717, 1.165) is 5.56 Å². The SMILES string of the molecule is COc1cccc(C(O)=C2C(=O)C(=O)N(Cc3cccnc3)C2c2ccc(F)cc2)c1. The highest BCUT2D eigenvalue weighted by Gasteiger charge is 2.46. The lowest BCUT2D eigenvalue weighted by Crippen LogP contribution is -2.29. The Morgan fingerprint density at radius 1 is 1.13 bits per heavy atom. The molecule has 0 bridgehead atoms. The molecule has 3 aromatic rings. The minimum absolute atomic E-state index is 0.0613. The first-order chi connectivity index (χ1) is 15.0. The number of aromatic nitrogens is 1. The van der Waals surface area contributed by atoms with Crippen LogP contribution in [0.1, 0.15) is 22.7 Å². The van der Waals surface area contributed by atoms with Crippen molar-refractivity contribution < 1.29 is 23.8 Å². The van der Waals surface area contributed by atoms with E-state index in [4.69, 9.17) is 4.74 Å². The van der Waals surface area contributed by atoms with Gasteiger partial charge in [0.05, 0.1) is 18.7 Å². The van der Waals surface area contributed by atoms with Crippen molar-refractivity contribution in [2.45, 2.75) is 12.6 Å². The van der Waals surface area contributed by atoms with Crippen molar-refractivity contribution in [3.05, 3.63) is 101 Å². The Morgan fingerprint density at radius 3 is 2.58 bits per heavy atom. The summed E-state index contributed by atoms with van der Waals surface area (Å²) in [7, 11) is 1.49. The molecule has 31 heavy (non-hydrogen) atoms. The zero-order valence-electron chi connectivity index (χ0n) is 16.7. The molecule has 1 aliphatic rings. The second-order valence-electron chi connectivity index (χ2n) is 7.07. The normalized spacial score (nSPS) is 17.7. The fourth-order valence-corrected chi connectivity index (χ4v) is 3.65. The van der Waals surface area contributed by atoms with Crippen molar-refractivity contribution in [3.63, 3.8) is 0 Å². The Morgan fingerprint density at radius 2 is 1.90 bits per heavy atom. The number of carbonyl (C=O) groups is 2. The highest BCUT2D eigenvalue weighted by molar-refractivity contribution is 6.46. The molecular formula is C24H19FN2O4. The van der Waals surface area contributed by atoms with Gasteiger partial charge in [0.25, 0.3) is 11.7 Å². The summed E-state index contributed by atoms with van der Waals surface area (Å²) in [4.78, 5) is 31.4. The number of aliphatic hydroxyl groups is 1. The van der Waals surface area contributed by atoms with Gasteiger partial charge in [0.2, 0.25) is 0 Å². The molecular weight excluding hydrogens is 399 g/mol. The number of amides is 1. The Kier molecular flexibility index (Phi) is 5.49. The molecule has 6 nitrogen and oxygen atoms in total. The van der Waals surface area contributed by atoms with Crippen LogP contribution in [0.25, 0.3) is 5.76 Å². The highest BCUT2D eigenvalue weighted by Crippen LogP contribution is 2.40. The largest absolute Gasteiger partial charge is 0.507 e. The average Bonchev–Trinajstić information content (AvgIpc) is 3.05. The maximum atomic E-state index is 13.5. The fourth-order valence-electron chi connectivity index (χ4n) is 3.65. The molecule has 2 heterocycles. The molecule has 1 amide bonds. The van der Waals surface area contributed by atoms with Crippen LogP contribution in [0.2, 0.25) is 0 Å². The number of aliphatic hydroxyl groups excluding tert-OH is 1. The molecule has 1 unspecified atom stereocenters. The minimum Gasteiger partial charge on any atom is -0.507 e. The number of pyridine rings is 1. The summed E-state index contributed by atoms with van der Waals surface area (Å²) in [6.07, 6.45) is 3.21. The van der Waals surface area contributed by atoms with Gasteiger partial charge in [-0.1, -0.05) is 30.3 Å². The van der Waals surface area contributed by atoms with Gasteiger partial charge in [-0.15, -0.1) is 0 Å². The van der Waals surface area contributed by atoms with E-state index in [-0.39, 0.29) is 17.9 Å². The van der Waals surface area contributed by atoms with Crippen LogP contribution in [-0.4, -0.2) is 33.8 Å². The predicted molar refractivity (Wildman–Crippen MR) is 111 cm³/mol. The van der Waals surface area contributed by atoms with Crippen molar-refractivity contribution in [2.24, 2.45) is 0 Å². The Labute approximate surface area is 178 Å². The molecule has 2 aromatic carbocycles. The summed E-state index contributed by atoms with van der Waals surface area (Å²) < 4.78 is 18.7. The lowest BCUT2D eigenvalue weighted by Gasteiger charge is -2.25. The maximum absolute atomic E-state index is 13.5. The molecule has 1 atom stereocenters. The summed E-state index contributed by atoms with van der Waals surface area (Å²) in [5, 5.41) is 11.0. The fraction of sp³-hybridized carbons (Fsp3) is 0.125. The Bertz CT molecular complexity index is 1160. The van der Waals surface area contributed by atoms with Gasteiger partial charge < -0.3 is 14.7 Å². The van der Waals surface area contributed by atoms with Crippen molar-refractivity contribution in [3.8, 4) is 5.75 Å². The topological polar surface area (TPSA) is 79.7 Å². The number of Topliss-reactive ketones (excluding diaryl/α,β-unsaturated/α-hetero) is 1. The molecule has 1 saturated heterocycles. The van der Waals surface area contributed by atoms with Gasteiger partial charge in [-0.3, -0.25) is 14.6 Å². The molecule has 156 valence electrons. The van der Waals surface area contributed by atoms with Crippen molar-refractivity contribution in [1.82, 2.24) is 9.88 Å². The monoisotopic (exact) mass is 418 g/mol.